The maximum absolute atomic E-state index is 11.2. The number of methoxy groups -OCH3 is 1. The highest BCUT2D eigenvalue weighted by atomic mass is 127. The zero-order valence-electron chi connectivity index (χ0n) is 7.41. The first-order chi connectivity index (χ1) is 6.77. The van der Waals surface area contributed by atoms with Crippen molar-refractivity contribution in [1.29, 1.82) is 0 Å². The van der Waals surface area contributed by atoms with Crippen LogP contribution in [0.25, 0.3) is 0 Å². The molecule has 0 saturated carbocycles. The van der Waals surface area contributed by atoms with Crippen molar-refractivity contribution in [1.82, 2.24) is 0 Å². The molecule has 4 heteroatoms. The summed E-state index contributed by atoms with van der Waals surface area (Å²) in [6.45, 7) is 0. The fraction of sp³-hybridized carbons (Fsp3) is 0.100. The molecular formula is C10H7IO2S. The molecule has 2 nitrogen and oxygen atoms in total. The van der Waals surface area contributed by atoms with E-state index in [0.717, 1.165) is 5.56 Å². The lowest BCUT2D eigenvalue weighted by molar-refractivity contribution is 0.0600. The quantitative estimate of drug-likeness (QED) is 0.452. The molecule has 1 aromatic carbocycles. The first kappa shape index (κ1) is 11.4. The Hall–Kier alpha value is -0.670. The molecule has 14 heavy (non-hydrogen) atoms. The summed E-state index contributed by atoms with van der Waals surface area (Å²) in [7, 11) is 2.77. The summed E-state index contributed by atoms with van der Waals surface area (Å²) >= 11 is 2.10. The van der Waals surface area contributed by atoms with Gasteiger partial charge in [-0.25, -0.2) is 4.79 Å². The minimum atomic E-state index is -0.337. The fourth-order valence-corrected chi connectivity index (χ4v) is 1.41. The Kier molecular flexibility index (Phi) is 4.84. The maximum atomic E-state index is 11.2. The molecule has 0 aliphatic heterocycles. The van der Waals surface area contributed by atoms with Gasteiger partial charge >= 0.3 is 5.97 Å². The first-order valence-corrected chi connectivity index (χ1v) is 7.11. The van der Waals surface area contributed by atoms with E-state index in [1.807, 2.05) is 6.07 Å². The van der Waals surface area contributed by atoms with E-state index in [4.69, 9.17) is 0 Å². The fourth-order valence-electron chi connectivity index (χ4n) is 0.920. The minimum absolute atomic E-state index is 0.337. The predicted molar refractivity (Wildman–Crippen MR) is 66.3 cm³/mol. The molecule has 0 atom stereocenters. The van der Waals surface area contributed by atoms with Crippen molar-refractivity contribution in [2.75, 3.05) is 7.11 Å². The smallest absolute Gasteiger partial charge is 0.337 e. The van der Waals surface area contributed by atoms with E-state index in [-0.39, 0.29) is 5.97 Å². The molecular weight excluding hydrogens is 311 g/mol. The number of benzene rings is 1. The highest BCUT2D eigenvalue weighted by Gasteiger charge is 2.03. The molecule has 0 aliphatic carbocycles. The molecule has 1 rings (SSSR count). The number of carbonyl (C=O) groups is 1. The van der Waals surface area contributed by atoms with Crippen LogP contribution in [0.5, 0.6) is 0 Å². The van der Waals surface area contributed by atoms with Crippen LogP contribution < -0.4 is 0 Å². The summed E-state index contributed by atoms with van der Waals surface area (Å²) in [6.07, 6.45) is 0. The van der Waals surface area contributed by atoms with Crippen molar-refractivity contribution in [3.63, 3.8) is 0 Å². The summed E-state index contributed by atoms with van der Waals surface area (Å²) in [5.74, 6) is 2.57. The van der Waals surface area contributed by atoms with Gasteiger partial charge in [0, 0.05) is 26.8 Å². The molecule has 0 spiro atoms. The Bertz CT molecular complexity index is 393. The third-order valence-electron chi connectivity index (χ3n) is 1.52. The average Bonchev–Trinajstić information content (AvgIpc) is 2.25. The summed E-state index contributed by atoms with van der Waals surface area (Å²) in [5, 5.41) is 2.85. The Morgan fingerprint density at radius 2 is 2.36 bits per heavy atom. The van der Waals surface area contributed by atoms with Gasteiger partial charge in [0.15, 0.2) is 0 Å². The SMILES string of the molecule is COC(=O)c1cccc(C#CSI)c1. The van der Waals surface area contributed by atoms with Gasteiger partial charge in [-0.1, -0.05) is 12.0 Å². The number of hydrogen-bond acceptors (Lipinski definition) is 3. The number of rotatable bonds is 1. The van der Waals surface area contributed by atoms with Crippen LogP contribution in [0.1, 0.15) is 15.9 Å². The van der Waals surface area contributed by atoms with Crippen molar-refractivity contribution in [2.45, 2.75) is 0 Å². The van der Waals surface area contributed by atoms with Gasteiger partial charge in [-0.2, -0.15) is 0 Å². The average molecular weight is 318 g/mol. The van der Waals surface area contributed by atoms with E-state index in [9.17, 15) is 4.79 Å². The van der Waals surface area contributed by atoms with E-state index in [1.165, 1.54) is 16.0 Å². The van der Waals surface area contributed by atoms with Gasteiger partial charge in [0.05, 0.1) is 12.7 Å². The standard InChI is InChI=1S/C10H7IO2S/c1-13-10(12)9-4-2-3-8(7-9)5-6-14-11/h2-4,7H,1H3. The Morgan fingerprint density at radius 1 is 1.57 bits per heavy atom. The monoisotopic (exact) mass is 318 g/mol. The highest BCUT2D eigenvalue weighted by Crippen LogP contribution is 2.09. The molecule has 0 fully saturated rings. The van der Waals surface area contributed by atoms with Gasteiger partial charge in [-0.05, 0) is 32.4 Å². The predicted octanol–water partition coefficient (Wildman–Crippen LogP) is 2.87. The van der Waals surface area contributed by atoms with Crippen molar-refractivity contribution < 1.29 is 9.53 Å². The van der Waals surface area contributed by atoms with E-state index in [0.29, 0.717) is 5.56 Å². The zero-order valence-corrected chi connectivity index (χ0v) is 10.4. The maximum Gasteiger partial charge on any atom is 0.337 e. The van der Waals surface area contributed by atoms with Crippen LogP contribution in [0.4, 0.5) is 0 Å². The summed E-state index contributed by atoms with van der Waals surface area (Å²) in [6, 6.07) is 7.06. The molecule has 0 amide bonds. The van der Waals surface area contributed by atoms with Crippen LogP contribution in [0.2, 0.25) is 0 Å². The van der Waals surface area contributed by atoms with Crippen molar-refractivity contribution in [2.24, 2.45) is 0 Å². The van der Waals surface area contributed by atoms with Crippen LogP contribution in [0.3, 0.4) is 0 Å². The van der Waals surface area contributed by atoms with Gasteiger partial charge in [0.2, 0.25) is 0 Å². The van der Waals surface area contributed by atoms with Crippen LogP contribution in [-0.4, -0.2) is 13.1 Å². The van der Waals surface area contributed by atoms with E-state index in [1.54, 1.807) is 18.2 Å². The van der Waals surface area contributed by atoms with Gasteiger partial charge < -0.3 is 4.74 Å². The zero-order chi connectivity index (χ0) is 10.4. The van der Waals surface area contributed by atoms with Gasteiger partial charge in [-0.3, -0.25) is 0 Å². The lowest BCUT2D eigenvalue weighted by atomic mass is 10.1. The largest absolute Gasteiger partial charge is 0.465 e. The number of hydrogen-bond donors (Lipinski definition) is 0. The molecule has 0 heterocycles. The number of ether oxygens (including phenoxy) is 1. The lowest BCUT2D eigenvalue weighted by Gasteiger charge is -1.98. The minimum Gasteiger partial charge on any atom is -0.465 e. The molecule has 0 unspecified atom stereocenters. The Labute approximate surface area is 99.0 Å². The van der Waals surface area contributed by atoms with Gasteiger partial charge in [0.25, 0.3) is 0 Å². The van der Waals surface area contributed by atoms with E-state index < -0.39 is 0 Å². The topological polar surface area (TPSA) is 26.3 Å². The van der Waals surface area contributed by atoms with Crippen LogP contribution in [-0.2, 0) is 4.74 Å². The third kappa shape index (κ3) is 3.24. The Balaban J connectivity index is 2.95. The number of halogens is 1. The number of carbonyl (C=O) groups excluding carboxylic acids is 1. The molecule has 0 aliphatic rings. The second-order valence-electron chi connectivity index (χ2n) is 2.38. The van der Waals surface area contributed by atoms with E-state index >= 15 is 0 Å². The molecule has 0 radical (unpaired) electrons. The van der Waals surface area contributed by atoms with Crippen LogP contribution >= 0.6 is 30.1 Å². The summed E-state index contributed by atoms with van der Waals surface area (Å²) in [5.41, 5.74) is 1.34. The second-order valence-corrected chi connectivity index (χ2v) is 4.06. The molecule has 1 aromatic rings. The number of esters is 1. The van der Waals surface area contributed by atoms with Crippen molar-refractivity contribution in [3.05, 3.63) is 35.4 Å². The summed E-state index contributed by atoms with van der Waals surface area (Å²) < 4.78 is 4.60. The molecule has 0 saturated heterocycles. The lowest BCUT2D eigenvalue weighted by Crippen LogP contribution is -2.00. The van der Waals surface area contributed by atoms with Gasteiger partial charge in [-0.15, -0.1) is 0 Å². The molecule has 72 valence electrons. The molecule has 0 aromatic heterocycles. The van der Waals surface area contributed by atoms with E-state index in [2.05, 4.69) is 37.1 Å². The highest BCUT2D eigenvalue weighted by molar-refractivity contribution is 14.2. The molecule has 0 N–H and O–H groups in total. The normalized spacial score (nSPS) is 8.71. The molecule has 0 bridgehead atoms. The van der Waals surface area contributed by atoms with Crippen molar-refractivity contribution >= 4 is 36.1 Å². The third-order valence-corrected chi connectivity index (χ3v) is 2.36. The first-order valence-electron chi connectivity index (χ1n) is 3.75. The van der Waals surface area contributed by atoms with Crippen LogP contribution in [0, 0.1) is 11.2 Å². The van der Waals surface area contributed by atoms with Crippen LogP contribution in [0.15, 0.2) is 24.3 Å². The van der Waals surface area contributed by atoms with Gasteiger partial charge in [0.1, 0.15) is 0 Å². The Morgan fingerprint density at radius 3 is 3.00 bits per heavy atom. The van der Waals surface area contributed by atoms with Crippen molar-refractivity contribution in [3.8, 4) is 11.2 Å². The summed E-state index contributed by atoms with van der Waals surface area (Å²) in [4.78, 5) is 11.2. The second kappa shape index (κ2) is 5.94.